The number of carbonyl (C=O) groups excluding carboxylic acids is 1. The third kappa shape index (κ3) is 3.40. The lowest BCUT2D eigenvalue weighted by Crippen LogP contribution is -2.50. The number of nitrogens with zero attached hydrogens (tertiary/aromatic N) is 3. The van der Waals surface area contributed by atoms with Crippen LogP contribution in [0.4, 0.5) is 4.79 Å². The van der Waals surface area contributed by atoms with E-state index in [9.17, 15) is 4.79 Å². The molecule has 1 saturated heterocycles. The molecular formula is C11H18N3O. The zero-order chi connectivity index (χ0) is 11.1. The van der Waals surface area contributed by atoms with Gasteiger partial charge in [0.2, 0.25) is 0 Å². The van der Waals surface area contributed by atoms with Crippen LogP contribution in [0.1, 0.15) is 0 Å². The predicted octanol–water partition coefficient (Wildman–Crippen LogP) is 0.700. The summed E-state index contributed by atoms with van der Waals surface area (Å²) < 4.78 is 0. The van der Waals surface area contributed by atoms with Crippen LogP contribution in [0.15, 0.2) is 25.3 Å². The molecule has 1 aliphatic rings. The molecule has 0 aromatic heterocycles. The second-order valence-corrected chi connectivity index (χ2v) is 3.42. The first-order valence-electron chi connectivity index (χ1n) is 5.18. The van der Waals surface area contributed by atoms with Crippen molar-refractivity contribution in [2.75, 3.05) is 39.3 Å². The number of hydrogen-bond acceptors (Lipinski definition) is 1. The van der Waals surface area contributed by atoms with Crippen LogP contribution in [0.25, 0.3) is 0 Å². The first-order chi connectivity index (χ1) is 7.29. The average Bonchev–Trinajstić information content (AvgIpc) is 2.29. The summed E-state index contributed by atoms with van der Waals surface area (Å²) in [6, 6.07) is 0.0599. The van der Waals surface area contributed by atoms with Crippen LogP contribution in [0.5, 0.6) is 0 Å². The zero-order valence-electron chi connectivity index (χ0n) is 9.06. The average molecular weight is 208 g/mol. The van der Waals surface area contributed by atoms with E-state index in [1.165, 1.54) is 0 Å². The number of rotatable bonds is 4. The van der Waals surface area contributed by atoms with Crippen molar-refractivity contribution in [1.29, 1.82) is 0 Å². The van der Waals surface area contributed by atoms with Gasteiger partial charge in [0.15, 0.2) is 0 Å². The van der Waals surface area contributed by atoms with Gasteiger partial charge in [-0.25, -0.2) is 10.1 Å². The van der Waals surface area contributed by atoms with Crippen molar-refractivity contribution < 1.29 is 4.79 Å². The molecule has 1 rings (SSSR count). The second kappa shape index (κ2) is 6.24. The lowest BCUT2D eigenvalue weighted by Gasteiger charge is -2.31. The normalized spacial score (nSPS) is 15.9. The zero-order valence-corrected chi connectivity index (χ0v) is 9.06. The molecule has 0 atom stereocenters. The second-order valence-electron chi connectivity index (χ2n) is 3.42. The highest BCUT2D eigenvalue weighted by Gasteiger charge is 2.20. The Morgan fingerprint density at radius 1 is 1.27 bits per heavy atom. The molecule has 4 heteroatoms. The molecule has 0 aliphatic carbocycles. The Kier molecular flexibility index (Phi) is 4.90. The van der Waals surface area contributed by atoms with E-state index in [-0.39, 0.29) is 6.03 Å². The molecule has 1 fully saturated rings. The van der Waals surface area contributed by atoms with Crippen LogP contribution in [0.2, 0.25) is 0 Å². The van der Waals surface area contributed by atoms with E-state index in [1.807, 2.05) is 4.90 Å². The lowest BCUT2D eigenvalue weighted by atomic mass is 10.3. The summed E-state index contributed by atoms with van der Waals surface area (Å²) in [5.41, 5.74) is 0. The minimum atomic E-state index is 0.0599. The molecular weight excluding hydrogens is 190 g/mol. The van der Waals surface area contributed by atoms with Gasteiger partial charge in [-0.1, -0.05) is 12.2 Å². The fraction of sp³-hybridized carbons (Fsp3) is 0.545. The first-order valence-corrected chi connectivity index (χ1v) is 5.18. The standard InChI is InChI=1S/C11H18N3O/c1-3-7-13(8-4-2)11(15)14-9-5-12-6-10-14/h3-4H,1-2,5-10H2. The minimum absolute atomic E-state index is 0.0599. The summed E-state index contributed by atoms with van der Waals surface area (Å²) in [6.07, 6.45) is 3.46. The highest BCUT2D eigenvalue weighted by Crippen LogP contribution is 2.02. The maximum absolute atomic E-state index is 12.0. The molecule has 1 radical (unpaired) electrons. The number of amides is 2. The topological polar surface area (TPSA) is 37.7 Å². The predicted molar refractivity (Wildman–Crippen MR) is 60.8 cm³/mol. The molecule has 83 valence electrons. The van der Waals surface area contributed by atoms with Gasteiger partial charge >= 0.3 is 6.03 Å². The molecule has 0 aromatic carbocycles. The lowest BCUT2D eigenvalue weighted by molar-refractivity contribution is 0.155. The highest BCUT2D eigenvalue weighted by atomic mass is 16.2. The summed E-state index contributed by atoms with van der Waals surface area (Å²) in [6.45, 7) is 11.4. The Labute approximate surface area is 91.2 Å². The van der Waals surface area contributed by atoms with E-state index >= 15 is 0 Å². The first kappa shape index (κ1) is 11.8. The van der Waals surface area contributed by atoms with Crippen LogP contribution in [0, 0.1) is 0 Å². The smallest absolute Gasteiger partial charge is 0.320 e. The molecule has 0 spiro atoms. The van der Waals surface area contributed by atoms with Gasteiger partial charge in [-0.15, -0.1) is 13.2 Å². The molecule has 2 amide bonds. The van der Waals surface area contributed by atoms with E-state index in [1.54, 1.807) is 17.1 Å². The Morgan fingerprint density at radius 3 is 2.27 bits per heavy atom. The fourth-order valence-electron chi connectivity index (χ4n) is 1.54. The van der Waals surface area contributed by atoms with E-state index < -0.39 is 0 Å². The summed E-state index contributed by atoms with van der Waals surface area (Å²) in [5.74, 6) is 0. The molecule has 0 unspecified atom stereocenters. The minimum Gasteiger partial charge on any atom is -0.322 e. The Balaban J connectivity index is 2.52. The quantitative estimate of drug-likeness (QED) is 0.627. The Morgan fingerprint density at radius 2 is 1.80 bits per heavy atom. The third-order valence-corrected chi connectivity index (χ3v) is 2.30. The van der Waals surface area contributed by atoms with Crippen molar-refractivity contribution in [3.8, 4) is 0 Å². The summed E-state index contributed by atoms with van der Waals surface area (Å²) in [4.78, 5) is 15.6. The van der Waals surface area contributed by atoms with Gasteiger partial charge in [-0.2, -0.15) is 0 Å². The monoisotopic (exact) mass is 208 g/mol. The van der Waals surface area contributed by atoms with Crippen LogP contribution < -0.4 is 5.32 Å². The molecule has 0 N–H and O–H groups in total. The molecule has 4 nitrogen and oxygen atoms in total. The van der Waals surface area contributed by atoms with Crippen LogP contribution >= 0.6 is 0 Å². The van der Waals surface area contributed by atoms with Gasteiger partial charge in [0.05, 0.1) is 0 Å². The van der Waals surface area contributed by atoms with Gasteiger partial charge < -0.3 is 9.80 Å². The summed E-state index contributed by atoms with van der Waals surface area (Å²) in [5, 5.41) is 4.21. The number of urea groups is 1. The highest BCUT2D eigenvalue weighted by molar-refractivity contribution is 5.75. The van der Waals surface area contributed by atoms with Gasteiger partial charge in [0.1, 0.15) is 0 Å². The van der Waals surface area contributed by atoms with Gasteiger partial charge in [-0.05, 0) is 0 Å². The number of hydrogen-bond donors (Lipinski definition) is 0. The van der Waals surface area contributed by atoms with Crippen molar-refractivity contribution in [3.63, 3.8) is 0 Å². The fourth-order valence-corrected chi connectivity index (χ4v) is 1.54. The van der Waals surface area contributed by atoms with Gasteiger partial charge in [0, 0.05) is 39.3 Å². The molecule has 15 heavy (non-hydrogen) atoms. The van der Waals surface area contributed by atoms with Crippen molar-refractivity contribution in [2.45, 2.75) is 0 Å². The third-order valence-electron chi connectivity index (χ3n) is 2.30. The van der Waals surface area contributed by atoms with Crippen molar-refractivity contribution in [1.82, 2.24) is 15.1 Å². The van der Waals surface area contributed by atoms with Crippen LogP contribution in [-0.2, 0) is 0 Å². The van der Waals surface area contributed by atoms with Gasteiger partial charge in [0.25, 0.3) is 0 Å². The van der Waals surface area contributed by atoms with Crippen LogP contribution in [-0.4, -0.2) is 55.1 Å². The summed E-state index contributed by atoms with van der Waals surface area (Å²) >= 11 is 0. The largest absolute Gasteiger partial charge is 0.322 e. The molecule has 1 heterocycles. The van der Waals surface area contributed by atoms with E-state index in [0.29, 0.717) is 13.1 Å². The molecule has 1 aliphatic heterocycles. The maximum Gasteiger partial charge on any atom is 0.320 e. The Bertz CT molecular complexity index is 224. The van der Waals surface area contributed by atoms with Gasteiger partial charge in [-0.3, -0.25) is 0 Å². The SMILES string of the molecule is C=CCN(CC=C)C(=O)N1CC[N]CC1. The van der Waals surface area contributed by atoms with E-state index in [2.05, 4.69) is 18.5 Å². The summed E-state index contributed by atoms with van der Waals surface area (Å²) in [7, 11) is 0. The van der Waals surface area contributed by atoms with E-state index in [0.717, 1.165) is 26.2 Å². The maximum atomic E-state index is 12.0. The van der Waals surface area contributed by atoms with Crippen molar-refractivity contribution in [2.24, 2.45) is 0 Å². The molecule has 0 aromatic rings. The van der Waals surface area contributed by atoms with E-state index in [4.69, 9.17) is 0 Å². The van der Waals surface area contributed by atoms with Crippen molar-refractivity contribution >= 4 is 6.03 Å². The molecule has 0 saturated carbocycles. The molecule has 0 bridgehead atoms. The van der Waals surface area contributed by atoms with Crippen molar-refractivity contribution in [3.05, 3.63) is 25.3 Å². The number of piperazine rings is 1. The van der Waals surface area contributed by atoms with Crippen LogP contribution in [0.3, 0.4) is 0 Å². The Hall–Kier alpha value is -1.29. The number of carbonyl (C=O) groups is 1.